The van der Waals surface area contributed by atoms with Gasteiger partial charge in [0.05, 0.1) is 5.69 Å². The lowest BCUT2D eigenvalue weighted by molar-refractivity contribution is 0.287. The lowest BCUT2D eigenvalue weighted by Gasteiger charge is -2.19. The molecular weight excluding hydrogens is 248 g/mol. The summed E-state index contributed by atoms with van der Waals surface area (Å²) in [6.45, 7) is 11.6. The van der Waals surface area contributed by atoms with Gasteiger partial charge in [-0.05, 0) is 26.4 Å². The van der Waals surface area contributed by atoms with E-state index < -0.39 is 0 Å². The molecule has 0 radical (unpaired) electrons. The fraction of sp³-hybridized carbons (Fsp3) is 0.769. The zero-order chi connectivity index (χ0) is 13.5. The Morgan fingerprint density at radius 2 is 2.06 bits per heavy atom. The van der Waals surface area contributed by atoms with E-state index in [0.29, 0.717) is 0 Å². The van der Waals surface area contributed by atoms with Crippen molar-refractivity contribution in [1.29, 1.82) is 0 Å². The number of halogens is 1. The van der Waals surface area contributed by atoms with Crippen molar-refractivity contribution < 1.29 is 0 Å². The molecule has 0 bridgehead atoms. The first-order chi connectivity index (χ1) is 8.60. The maximum absolute atomic E-state index is 6.18. The van der Waals surface area contributed by atoms with E-state index in [1.54, 1.807) is 4.68 Å². The van der Waals surface area contributed by atoms with Crippen molar-refractivity contribution in [3.05, 3.63) is 16.4 Å². The third-order valence-corrected chi connectivity index (χ3v) is 3.64. The van der Waals surface area contributed by atoms with Gasteiger partial charge in [-0.15, -0.1) is 0 Å². The third-order valence-electron chi connectivity index (χ3n) is 3.16. The molecule has 0 spiro atoms. The summed E-state index contributed by atoms with van der Waals surface area (Å²) in [6.07, 6.45) is 1.21. The number of rotatable bonds is 8. The van der Waals surface area contributed by atoms with Gasteiger partial charge in [-0.25, -0.2) is 0 Å². The van der Waals surface area contributed by atoms with Crippen LogP contribution in [0.5, 0.6) is 0 Å². The van der Waals surface area contributed by atoms with Crippen LogP contribution in [0.2, 0.25) is 5.15 Å². The molecule has 0 aliphatic rings. The van der Waals surface area contributed by atoms with Crippen LogP contribution >= 0.6 is 11.6 Å². The predicted octanol–water partition coefficient (Wildman–Crippen LogP) is 2.20. The molecule has 1 heterocycles. The van der Waals surface area contributed by atoms with Gasteiger partial charge in [0.15, 0.2) is 0 Å². The smallest absolute Gasteiger partial charge is 0.131 e. The molecule has 4 nitrogen and oxygen atoms in total. The van der Waals surface area contributed by atoms with E-state index in [4.69, 9.17) is 11.6 Å². The second-order valence-corrected chi connectivity index (χ2v) is 4.95. The van der Waals surface area contributed by atoms with Crippen LogP contribution in [-0.2, 0) is 13.6 Å². The monoisotopic (exact) mass is 272 g/mol. The van der Waals surface area contributed by atoms with Crippen LogP contribution in [0.3, 0.4) is 0 Å². The van der Waals surface area contributed by atoms with Crippen LogP contribution < -0.4 is 5.32 Å². The Hall–Kier alpha value is -0.580. The van der Waals surface area contributed by atoms with Gasteiger partial charge in [0, 0.05) is 32.2 Å². The van der Waals surface area contributed by atoms with Crippen molar-refractivity contribution in [1.82, 2.24) is 20.0 Å². The van der Waals surface area contributed by atoms with Crippen LogP contribution in [-0.4, -0.2) is 40.9 Å². The molecular formula is C13H25ClN4. The fourth-order valence-electron chi connectivity index (χ4n) is 2.07. The molecule has 0 aromatic carbocycles. The summed E-state index contributed by atoms with van der Waals surface area (Å²) >= 11 is 6.18. The highest BCUT2D eigenvalue weighted by Crippen LogP contribution is 2.17. The van der Waals surface area contributed by atoms with E-state index in [1.165, 1.54) is 13.0 Å². The van der Waals surface area contributed by atoms with Gasteiger partial charge < -0.3 is 10.2 Å². The van der Waals surface area contributed by atoms with Gasteiger partial charge in [-0.1, -0.05) is 25.4 Å². The maximum Gasteiger partial charge on any atom is 0.131 e. The third kappa shape index (κ3) is 4.26. The highest BCUT2D eigenvalue weighted by Gasteiger charge is 2.10. The number of aryl methyl sites for hydroxylation is 2. The Morgan fingerprint density at radius 3 is 2.56 bits per heavy atom. The maximum atomic E-state index is 6.18. The van der Waals surface area contributed by atoms with Gasteiger partial charge in [-0.2, -0.15) is 5.10 Å². The quantitative estimate of drug-likeness (QED) is 0.737. The zero-order valence-corrected chi connectivity index (χ0v) is 12.7. The lowest BCUT2D eigenvalue weighted by Crippen LogP contribution is -2.32. The molecule has 1 aromatic rings. The summed E-state index contributed by atoms with van der Waals surface area (Å²) in [5, 5.41) is 8.48. The highest BCUT2D eigenvalue weighted by molar-refractivity contribution is 6.30. The number of hydrogen-bond acceptors (Lipinski definition) is 3. The van der Waals surface area contributed by atoms with Crippen LogP contribution in [0.4, 0.5) is 0 Å². The van der Waals surface area contributed by atoms with E-state index in [1.807, 2.05) is 14.0 Å². The number of hydrogen-bond donors (Lipinski definition) is 1. The standard InChI is InChI=1S/C13H25ClN4/c1-5-8-18(6-2)9-7-15-10-12-11(3)16-17(4)13(12)14/h15H,5-10H2,1-4H3. The van der Waals surface area contributed by atoms with Crippen LogP contribution in [0.25, 0.3) is 0 Å². The van der Waals surface area contributed by atoms with Crippen LogP contribution in [0.15, 0.2) is 0 Å². The molecule has 104 valence electrons. The molecule has 0 saturated carbocycles. The first-order valence-electron chi connectivity index (χ1n) is 6.71. The molecule has 0 aliphatic heterocycles. The molecule has 0 unspecified atom stereocenters. The van der Waals surface area contributed by atoms with Crippen molar-refractivity contribution in [3.63, 3.8) is 0 Å². The topological polar surface area (TPSA) is 33.1 Å². The largest absolute Gasteiger partial charge is 0.311 e. The first kappa shape index (κ1) is 15.5. The molecule has 0 amide bonds. The SMILES string of the molecule is CCCN(CC)CCNCc1c(C)nn(C)c1Cl. The second kappa shape index (κ2) is 7.77. The second-order valence-electron chi connectivity index (χ2n) is 4.59. The molecule has 0 atom stereocenters. The van der Waals surface area contributed by atoms with Crippen molar-refractivity contribution in [3.8, 4) is 0 Å². The van der Waals surface area contributed by atoms with Crippen LogP contribution in [0.1, 0.15) is 31.5 Å². The zero-order valence-electron chi connectivity index (χ0n) is 12.0. The van der Waals surface area contributed by atoms with Gasteiger partial charge in [0.2, 0.25) is 0 Å². The Balaban J connectivity index is 2.33. The first-order valence-corrected chi connectivity index (χ1v) is 7.08. The van der Waals surface area contributed by atoms with Gasteiger partial charge in [0.1, 0.15) is 5.15 Å². The van der Waals surface area contributed by atoms with Crippen molar-refractivity contribution in [2.75, 3.05) is 26.2 Å². The van der Waals surface area contributed by atoms with E-state index in [2.05, 4.69) is 29.2 Å². The number of likely N-dealkylation sites (N-methyl/N-ethyl adjacent to an activating group) is 1. The number of nitrogens with zero attached hydrogens (tertiary/aromatic N) is 3. The summed E-state index contributed by atoms with van der Waals surface area (Å²) in [5.41, 5.74) is 2.12. The van der Waals surface area contributed by atoms with Crippen LogP contribution in [0, 0.1) is 6.92 Å². The van der Waals surface area contributed by atoms with Gasteiger partial charge in [0.25, 0.3) is 0 Å². The molecule has 5 heteroatoms. The molecule has 1 rings (SSSR count). The predicted molar refractivity (Wildman–Crippen MR) is 77.1 cm³/mol. The minimum atomic E-state index is 0.737. The molecule has 1 aromatic heterocycles. The average molecular weight is 273 g/mol. The van der Waals surface area contributed by atoms with Crippen molar-refractivity contribution >= 4 is 11.6 Å². The van der Waals surface area contributed by atoms with Crippen molar-refractivity contribution in [2.24, 2.45) is 7.05 Å². The Kier molecular flexibility index (Phi) is 6.68. The highest BCUT2D eigenvalue weighted by atomic mass is 35.5. The molecule has 18 heavy (non-hydrogen) atoms. The Bertz CT molecular complexity index is 362. The Labute approximate surface area is 115 Å². The lowest BCUT2D eigenvalue weighted by atomic mass is 10.2. The normalized spacial score (nSPS) is 11.4. The van der Waals surface area contributed by atoms with Gasteiger partial charge in [-0.3, -0.25) is 4.68 Å². The molecule has 0 fully saturated rings. The van der Waals surface area contributed by atoms with Gasteiger partial charge >= 0.3 is 0 Å². The molecule has 1 N–H and O–H groups in total. The molecule has 0 saturated heterocycles. The van der Waals surface area contributed by atoms with E-state index in [0.717, 1.165) is 42.6 Å². The fourth-order valence-corrected chi connectivity index (χ4v) is 2.31. The number of aromatic nitrogens is 2. The minimum absolute atomic E-state index is 0.737. The minimum Gasteiger partial charge on any atom is -0.311 e. The molecule has 0 aliphatic carbocycles. The average Bonchev–Trinajstić information content (AvgIpc) is 2.58. The van der Waals surface area contributed by atoms with E-state index >= 15 is 0 Å². The van der Waals surface area contributed by atoms with E-state index in [9.17, 15) is 0 Å². The Morgan fingerprint density at radius 1 is 1.33 bits per heavy atom. The summed E-state index contributed by atoms with van der Waals surface area (Å²) < 4.78 is 1.73. The van der Waals surface area contributed by atoms with Crippen molar-refractivity contribution in [2.45, 2.75) is 33.7 Å². The summed E-state index contributed by atoms with van der Waals surface area (Å²) in [5.74, 6) is 0. The van der Waals surface area contributed by atoms with E-state index in [-0.39, 0.29) is 0 Å². The summed E-state index contributed by atoms with van der Waals surface area (Å²) in [4.78, 5) is 2.45. The summed E-state index contributed by atoms with van der Waals surface area (Å²) in [6, 6.07) is 0. The summed E-state index contributed by atoms with van der Waals surface area (Å²) in [7, 11) is 1.87. The number of nitrogens with one attached hydrogen (secondary N) is 1.